The quantitative estimate of drug-likeness (QED) is 0.866. The average Bonchev–Trinajstić information content (AvgIpc) is 3.13. The molecule has 0 bridgehead atoms. The number of nitrogens with one attached hydrogen (secondary N) is 1. The fraction of sp³-hybridized carbons (Fsp3) is 0.500. The highest BCUT2D eigenvalue weighted by molar-refractivity contribution is 9.10. The highest BCUT2D eigenvalue weighted by Crippen LogP contribution is 2.30. The molecule has 0 amide bonds. The average molecular weight is 354 g/mol. The Morgan fingerprint density at radius 3 is 3.00 bits per heavy atom. The van der Waals surface area contributed by atoms with Crippen molar-refractivity contribution in [3.05, 3.63) is 34.5 Å². The second-order valence-electron chi connectivity index (χ2n) is 5.80. The smallest absolute Gasteiger partial charge is 0.134 e. The molecule has 5 heteroatoms. The summed E-state index contributed by atoms with van der Waals surface area (Å²) in [4.78, 5) is 0. The van der Waals surface area contributed by atoms with Crippen LogP contribution in [0.3, 0.4) is 0 Å². The van der Waals surface area contributed by atoms with Crippen LogP contribution >= 0.6 is 15.9 Å². The van der Waals surface area contributed by atoms with Gasteiger partial charge in [0.1, 0.15) is 11.3 Å². The highest BCUT2D eigenvalue weighted by atomic mass is 79.9. The SMILES string of the molecule is CC(CO)(NCC1CCCO1)c1cc2cc(Br)ccc2o1. The standard InChI is InChI=1S/C16H20BrNO3/c1-16(10-19,18-9-13-3-2-6-20-13)15-8-11-7-12(17)4-5-14(11)21-15/h4-5,7-8,13,18-19H,2-3,6,9-10H2,1H3. The third-order valence-corrected chi connectivity index (χ3v) is 4.58. The number of rotatable bonds is 5. The maximum Gasteiger partial charge on any atom is 0.134 e. The first-order valence-corrected chi connectivity index (χ1v) is 8.07. The van der Waals surface area contributed by atoms with E-state index in [1.165, 1.54) is 0 Å². The predicted molar refractivity (Wildman–Crippen MR) is 85.3 cm³/mol. The normalized spacial score (nSPS) is 21.8. The molecule has 1 aliphatic heterocycles. The van der Waals surface area contributed by atoms with Gasteiger partial charge in [0.2, 0.25) is 0 Å². The number of halogens is 1. The van der Waals surface area contributed by atoms with Crippen LogP contribution in [0.4, 0.5) is 0 Å². The fourth-order valence-corrected chi connectivity index (χ4v) is 3.03. The number of furan rings is 1. The van der Waals surface area contributed by atoms with E-state index in [-0.39, 0.29) is 12.7 Å². The molecule has 1 fully saturated rings. The summed E-state index contributed by atoms with van der Waals surface area (Å²) >= 11 is 3.46. The van der Waals surface area contributed by atoms with Gasteiger partial charge in [-0.1, -0.05) is 15.9 Å². The van der Waals surface area contributed by atoms with Crippen molar-refractivity contribution in [1.82, 2.24) is 5.32 Å². The molecule has 2 N–H and O–H groups in total. The Morgan fingerprint density at radius 2 is 2.29 bits per heavy atom. The Bertz CT molecular complexity index is 621. The summed E-state index contributed by atoms with van der Waals surface area (Å²) < 4.78 is 12.5. The van der Waals surface area contributed by atoms with Crippen molar-refractivity contribution in [2.45, 2.75) is 31.4 Å². The van der Waals surface area contributed by atoms with E-state index in [4.69, 9.17) is 9.15 Å². The van der Waals surface area contributed by atoms with Crippen molar-refractivity contribution >= 4 is 26.9 Å². The number of hydrogen-bond acceptors (Lipinski definition) is 4. The minimum Gasteiger partial charge on any atom is -0.459 e. The molecule has 4 nitrogen and oxygen atoms in total. The molecular formula is C16H20BrNO3. The Kier molecular flexibility index (Phi) is 4.36. The van der Waals surface area contributed by atoms with Gasteiger partial charge in [-0.05, 0) is 44.0 Å². The van der Waals surface area contributed by atoms with Gasteiger partial charge in [-0.3, -0.25) is 0 Å². The van der Waals surface area contributed by atoms with Crippen molar-refractivity contribution in [2.75, 3.05) is 19.8 Å². The van der Waals surface area contributed by atoms with Gasteiger partial charge in [0.15, 0.2) is 0 Å². The third-order valence-electron chi connectivity index (χ3n) is 4.08. The molecule has 21 heavy (non-hydrogen) atoms. The summed E-state index contributed by atoms with van der Waals surface area (Å²) in [7, 11) is 0. The lowest BCUT2D eigenvalue weighted by molar-refractivity contribution is 0.0862. The van der Waals surface area contributed by atoms with Crippen LogP contribution in [0.1, 0.15) is 25.5 Å². The molecule has 2 aromatic rings. The second-order valence-corrected chi connectivity index (χ2v) is 6.71. The Labute approximate surface area is 132 Å². The van der Waals surface area contributed by atoms with E-state index in [1.54, 1.807) is 0 Å². The van der Waals surface area contributed by atoms with Gasteiger partial charge in [-0.15, -0.1) is 0 Å². The molecule has 1 aromatic carbocycles. The van der Waals surface area contributed by atoms with E-state index >= 15 is 0 Å². The first kappa shape index (κ1) is 15.0. The van der Waals surface area contributed by atoms with Crippen LogP contribution in [0.25, 0.3) is 11.0 Å². The van der Waals surface area contributed by atoms with Gasteiger partial charge in [0.25, 0.3) is 0 Å². The van der Waals surface area contributed by atoms with Crippen LogP contribution in [-0.2, 0) is 10.3 Å². The number of benzene rings is 1. The minimum atomic E-state index is -0.600. The summed E-state index contributed by atoms with van der Waals surface area (Å²) in [6.07, 6.45) is 2.41. The maximum atomic E-state index is 9.82. The molecule has 2 heterocycles. The lowest BCUT2D eigenvalue weighted by atomic mass is 9.99. The van der Waals surface area contributed by atoms with Crippen LogP contribution in [0.5, 0.6) is 0 Å². The van der Waals surface area contributed by atoms with E-state index in [2.05, 4.69) is 21.2 Å². The summed E-state index contributed by atoms with van der Waals surface area (Å²) in [5.74, 6) is 0.746. The lowest BCUT2D eigenvalue weighted by Crippen LogP contribution is -2.45. The molecule has 1 aromatic heterocycles. The summed E-state index contributed by atoms with van der Waals surface area (Å²) in [5, 5.41) is 14.2. The van der Waals surface area contributed by atoms with Crippen LogP contribution in [0.2, 0.25) is 0 Å². The number of aliphatic hydroxyl groups excluding tert-OH is 1. The van der Waals surface area contributed by atoms with Crippen molar-refractivity contribution in [3.63, 3.8) is 0 Å². The molecular weight excluding hydrogens is 334 g/mol. The van der Waals surface area contributed by atoms with Crippen molar-refractivity contribution in [2.24, 2.45) is 0 Å². The Morgan fingerprint density at radius 1 is 1.43 bits per heavy atom. The molecule has 1 saturated heterocycles. The summed E-state index contributed by atoms with van der Waals surface area (Å²) in [6, 6.07) is 7.88. The van der Waals surface area contributed by atoms with E-state index < -0.39 is 5.54 Å². The van der Waals surface area contributed by atoms with Crippen LogP contribution in [0, 0.1) is 0 Å². The monoisotopic (exact) mass is 353 g/mol. The maximum absolute atomic E-state index is 9.82. The highest BCUT2D eigenvalue weighted by Gasteiger charge is 2.31. The predicted octanol–water partition coefficient (Wildman–Crippen LogP) is 3.17. The minimum absolute atomic E-state index is 0.0271. The molecule has 0 aliphatic carbocycles. The first-order valence-electron chi connectivity index (χ1n) is 7.28. The molecule has 2 atom stereocenters. The summed E-state index contributed by atoms with van der Waals surface area (Å²) in [6.45, 7) is 3.48. The van der Waals surface area contributed by atoms with Gasteiger partial charge >= 0.3 is 0 Å². The topological polar surface area (TPSA) is 54.6 Å². The van der Waals surface area contributed by atoms with Crippen LogP contribution in [0.15, 0.2) is 33.2 Å². The zero-order valence-electron chi connectivity index (χ0n) is 12.1. The zero-order valence-corrected chi connectivity index (χ0v) is 13.6. The van der Waals surface area contributed by atoms with E-state index in [1.807, 2.05) is 31.2 Å². The van der Waals surface area contributed by atoms with Gasteiger partial charge in [-0.2, -0.15) is 0 Å². The molecule has 0 saturated carbocycles. The molecule has 0 radical (unpaired) electrons. The van der Waals surface area contributed by atoms with Gasteiger partial charge in [-0.25, -0.2) is 0 Å². The molecule has 114 valence electrons. The number of ether oxygens (including phenoxy) is 1. The van der Waals surface area contributed by atoms with Gasteiger partial charge in [0, 0.05) is 23.0 Å². The Balaban J connectivity index is 1.81. The first-order chi connectivity index (χ1) is 10.1. The second kappa shape index (κ2) is 6.08. The molecule has 0 spiro atoms. The van der Waals surface area contributed by atoms with Crippen molar-refractivity contribution in [1.29, 1.82) is 0 Å². The van der Waals surface area contributed by atoms with E-state index in [0.717, 1.165) is 47.2 Å². The van der Waals surface area contributed by atoms with Gasteiger partial charge in [0.05, 0.1) is 18.2 Å². The lowest BCUT2D eigenvalue weighted by Gasteiger charge is -2.28. The van der Waals surface area contributed by atoms with Crippen molar-refractivity contribution < 1.29 is 14.3 Å². The molecule has 1 aliphatic rings. The zero-order chi connectivity index (χ0) is 14.9. The van der Waals surface area contributed by atoms with Gasteiger partial charge < -0.3 is 19.6 Å². The van der Waals surface area contributed by atoms with Crippen molar-refractivity contribution in [3.8, 4) is 0 Å². The number of aliphatic hydroxyl groups is 1. The van der Waals surface area contributed by atoms with Crippen LogP contribution in [-0.4, -0.2) is 31.0 Å². The third kappa shape index (κ3) is 3.16. The van der Waals surface area contributed by atoms with E-state index in [0.29, 0.717) is 0 Å². The largest absolute Gasteiger partial charge is 0.459 e. The Hall–Kier alpha value is -0.880. The fourth-order valence-electron chi connectivity index (χ4n) is 2.65. The molecule has 3 rings (SSSR count). The molecule has 2 unspecified atom stereocenters. The van der Waals surface area contributed by atoms with Crippen LogP contribution < -0.4 is 5.32 Å². The summed E-state index contributed by atoms with van der Waals surface area (Å²) in [5.41, 5.74) is 0.226. The number of fused-ring (bicyclic) bond motifs is 1. The van der Waals surface area contributed by atoms with E-state index in [9.17, 15) is 5.11 Å². The number of hydrogen-bond donors (Lipinski definition) is 2.